The Labute approximate surface area is 196 Å². The molecule has 0 aliphatic rings. The second kappa shape index (κ2) is 9.47. The van der Waals surface area contributed by atoms with Gasteiger partial charge in [-0.3, -0.25) is 5.10 Å². The number of nitrogens with two attached hydrogens (primary N) is 2. The van der Waals surface area contributed by atoms with E-state index in [1.54, 1.807) is 24.7 Å². The van der Waals surface area contributed by atoms with Crippen molar-refractivity contribution in [2.45, 2.75) is 6.54 Å². The van der Waals surface area contributed by atoms with Crippen molar-refractivity contribution in [1.82, 2.24) is 30.5 Å². The fourth-order valence-electron chi connectivity index (χ4n) is 3.80. The number of aromatic nitrogens is 5. The van der Waals surface area contributed by atoms with E-state index in [1.165, 1.54) is 6.20 Å². The standard InChI is InChI=1S/C25H25N9/c26-7-5-16(12-27)13-28-15-21-9-17-1-2-18(11-23(17)31-21)25-29-8-6-24(33-25)32-20-3-4-22-19(10-20)14-30-34-22/h1-12,14,28,31H,13,15,26-27H2,(H,30,34)(H,29,32,33)/b7-5-,16-12+. The lowest BCUT2D eigenvalue weighted by molar-refractivity contribution is 0.733. The SMILES string of the molecule is N/C=C\C(=C/N)CNCc1cc2ccc(-c3nccc(Nc4ccc5[nH]ncc5c4)n3)cc2[nH]1. The zero-order chi connectivity index (χ0) is 23.3. The molecule has 0 unspecified atom stereocenters. The van der Waals surface area contributed by atoms with Gasteiger partial charge in [0.1, 0.15) is 5.82 Å². The number of aromatic amines is 2. The van der Waals surface area contributed by atoms with Crippen molar-refractivity contribution in [2.24, 2.45) is 11.5 Å². The first kappa shape index (κ1) is 21.2. The fraction of sp³-hybridized carbons (Fsp3) is 0.0800. The molecule has 0 saturated heterocycles. The topological polar surface area (TPSA) is 146 Å². The largest absolute Gasteiger partial charge is 0.405 e. The van der Waals surface area contributed by atoms with Gasteiger partial charge in [-0.25, -0.2) is 9.97 Å². The number of hydrogen-bond donors (Lipinski definition) is 6. The second-order valence-corrected chi connectivity index (χ2v) is 7.86. The van der Waals surface area contributed by atoms with E-state index in [4.69, 9.17) is 16.5 Å². The summed E-state index contributed by atoms with van der Waals surface area (Å²) >= 11 is 0. The summed E-state index contributed by atoms with van der Waals surface area (Å²) < 4.78 is 0. The van der Waals surface area contributed by atoms with Crippen molar-refractivity contribution in [3.05, 3.63) is 90.7 Å². The van der Waals surface area contributed by atoms with Crippen LogP contribution in [0.25, 0.3) is 33.2 Å². The fourth-order valence-corrected chi connectivity index (χ4v) is 3.80. The molecule has 0 radical (unpaired) electrons. The van der Waals surface area contributed by atoms with E-state index in [-0.39, 0.29) is 0 Å². The highest BCUT2D eigenvalue weighted by molar-refractivity contribution is 5.85. The Morgan fingerprint density at radius 2 is 1.94 bits per heavy atom. The van der Waals surface area contributed by atoms with Gasteiger partial charge in [-0.15, -0.1) is 0 Å². The molecule has 5 aromatic rings. The highest BCUT2D eigenvalue weighted by Crippen LogP contribution is 2.25. The summed E-state index contributed by atoms with van der Waals surface area (Å²) in [6, 6.07) is 16.2. The maximum atomic E-state index is 5.61. The summed E-state index contributed by atoms with van der Waals surface area (Å²) in [5.74, 6) is 1.37. The molecule has 8 N–H and O–H groups in total. The quantitative estimate of drug-likeness (QED) is 0.197. The van der Waals surface area contributed by atoms with Crippen LogP contribution in [0.15, 0.2) is 85.0 Å². The number of nitrogens with one attached hydrogen (secondary N) is 4. The molecule has 3 heterocycles. The highest BCUT2D eigenvalue weighted by atomic mass is 15.1. The van der Waals surface area contributed by atoms with Gasteiger partial charge < -0.3 is 27.1 Å². The summed E-state index contributed by atoms with van der Waals surface area (Å²) in [7, 11) is 0. The zero-order valence-electron chi connectivity index (χ0n) is 18.4. The van der Waals surface area contributed by atoms with E-state index in [0.717, 1.165) is 50.1 Å². The van der Waals surface area contributed by atoms with Crippen molar-refractivity contribution >= 4 is 33.3 Å². The van der Waals surface area contributed by atoms with Crippen LogP contribution in [-0.2, 0) is 6.54 Å². The first-order chi connectivity index (χ1) is 16.7. The van der Waals surface area contributed by atoms with Crippen LogP contribution < -0.4 is 22.1 Å². The van der Waals surface area contributed by atoms with Crippen LogP contribution in [0.4, 0.5) is 11.5 Å². The van der Waals surface area contributed by atoms with Crippen molar-refractivity contribution in [2.75, 3.05) is 11.9 Å². The van der Waals surface area contributed by atoms with Crippen LogP contribution in [0.3, 0.4) is 0 Å². The average Bonchev–Trinajstić information content (AvgIpc) is 3.49. The van der Waals surface area contributed by atoms with Crippen LogP contribution in [0.5, 0.6) is 0 Å². The lowest BCUT2D eigenvalue weighted by Crippen LogP contribution is -2.17. The normalized spacial score (nSPS) is 12.2. The number of H-pyrrole nitrogens is 2. The molecule has 170 valence electrons. The van der Waals surface area contributed by atoms with Crippen LogP contribution in [-0.4, -0.2) is 31.7 Å². The molecule has 0 amide bonds. The van der Waals surface area contributed by atoms with E-state index in [2.05, 4.69) is 49.0 Å². The molecular formula is C25H25N9. The lowest BCUT2D eigenvalue weighted by Gasteiger charge is -2.07. The molecular weight excluding hydrogens is 426 g/mol. The number of benzene rings is 2. The van der Waals surface area contributed by atoms with Gasteiger partial charge in [0.2, 0.25) is 0 Å². The van der Waals surface area contributed by atoms with Crippen LogP contribution in [0.1, 0.15) is 5.69 Å². The van der Waals surface area contributed by atoms with Crippen molar-refractivity contribution in [3.8, 4) is 11.4 Å². The molecule has 2 aromatic carbocycles. The van der Waals surface area contributed by atoms with E-state index < -0.39 is 0 Å². The van der Waals surface area contributed by atoms with Crippen molar-refractivity contribution in [3.63, 3.8) is 0 Å². The van der Waals surface area contributed by atoms with Crippen molar-refractivity contribution < 1.29 is 0 Å². The predicted octanol–water partition coefficient (Wildman–Crippen LogP) is 3.65. The van der Waals surface area contributed by atoms with E-state index in [0.29, 0.717) is 18.9 Å². The number of hydrogen-bond acceptors (Lipinski definition) is 7. The summed E-state index contributed by atoms with van der Waals surface area (Å²) in [5, 5.41) is 15.9. The molecule has 0 fully saturated rings. The molecule has 0 aliphatic heterocycles. The summed E-state index contributed by atoms with van der Waals surface area (Å²) in [5.41, 5.74) is 16.9. The number of anilines is 2. The minimum Gasteiger partial charge on any atom is -0.405 e. The average molecular weight is 452 g/mol. The number of rotatable bonds is 8. The summed E-state index contributed by atoms with van der Waals surface area (Å²) in [4.78, 5) is 12.6. The molecule has 0 atom stereocenters. The van der Waals surface area contributed by atoms with Gasteiger partial charge in [0.25, 0.3) is 0 Å². The maximum Gasteiger partial charge on any atom is 0.161 e. The van der Waals surface area contributed by atoms with Gasteiger partial charge in [0, 0.05) is 47.1 Å². The minimum absolute atomic E-state index is 0.631. The van der Waals surface area contributed by atoms with E-state index in [1.807, 2.05) is 30.3 Å². The first-order valence-corrected chi connectivity index (χ1v) is 10.9. The van der Waals surface area contributed by atoms with E-state index >= 15 is 0 Å². The summed E-state index contributed by atoms with van der Waals surface area (Å²) in [6.45, 7) is 1.31. The predicted molar refractivity (Wildman–Crippen MR) is 136 cm³/mol. The monoisotopic (exact) mass is 451 g/mol. The Morgan fingerprint density at radius 1 is 1.00 bits per heavy atom. The molecule has 34 heavy (non-hydrogen) atoms. The highest BCUT2D eigenvalue weighted by Gasteiger charge is 2.08. The minimum atomic E-state index is 0.631. The Hall–Kier alpha value is -4.63. The molecule has 0 saturated carbocycles. The molecule has 5 rings (SSSR count). The van der Waals surface area contributed by atoms with Gasteiger partial charge in [0.15, 0.2) is 5.82 Å². The Bertz CT molecular complexity index is 1490. The Kier molecular flexibility index (Phi) is 5.91. The molecule has 0 aliphatic carbocycles. The Balaban J connectivity index is 1.31. The van der Waals surface area contributed by atoms with E-state index in [9.17, 15) is 0 Å². The summed E-state index contributed by atoms with van der Waals surface area (Å²) in [6.07, 6.45) is 8.37. The molecule has 3 aromatic heterocycles. The molecule has 9 nitrogen and oxygen atoms in total. The van der Waals surface area contributed by atoms with Gasteiger partial charge >= 0.3 is 0 Å². The van der Waals surface area contributed by atoms with Crippen molar-refractivity contribution in [1.29, 1.82) is 0 Å². The molecule has 0 bridgehead atoms. The van der Waals surface area contributed by atoms with Gasteiger partial charge in [0.05, 0.1) is 11.7 Å². The third kappa shape index (κ3) is 4.59. The zero-order valence-corrected chi connectivity index (χ0v) is 18.4. The Morgan fingerprint density at radius 3 is 2.82 bits per heavy atom. The third-order valence-electron chi connectivity index (χ3n) is 5.47. The van der Waals surface area contributed by atoms with Crippen LogP contribution in [0.2, 0.25) is 0 Å². The van der Waals surface area contributed by atoms with Crippen LogP contribution >= 0.6 is 0 Å². The van der Waals surface area contributed by atoms with Gasteiger partial charge in [-0.2, -0.15) is 5.10 Å². The molecule has 9 heteroatoms. The third-order valence-corrected chi connectivity index (χ3v) is 5.47. The van der Waals surface area contributed by atoms with Gasteiger partial charge in [-0.1, -0.05) is 12.1 Å². The molecule has 0 spiro atoms. The number of nitrogens with zero attached hydrogens (tertiary/aromatic N) is 3. The number of fused-ring (bicyclic) bond motifs is 2. The lowest BCUT2D eigenvalue weighted by atomic mass is 10.1. The van der Waals surface area contributed by atoms with Crippen LogP contribution in [0, 0.1) is 0 Å². The first-order valence-electron chi connectivity index (χ1n) is 10.9. The maximum absolute atomic E-state index is 5.61. The van der Waals surface area contributed by atoms with Gasteiger partial charge in [-0.05, 0) is 65.8 Å². The second-order valence-electron chi connectivity index (χ2n) is 7.86. The smallest absolute Gasteiger partial charge is 0.161 e.